The Kier molecular flexibility index (Phi) is 6.70. The molecule has 1 saturated heterocycles. The number of hydrogen-bond donors (Lipinski definition) is 1. The Labute approximate surface area is 152 Å². The van der Waals surface area contributed by atoms with Crippen molar-refractivity contribution < 1.29 is 4.79 Å². The highest BCUT2D eigenvalue weighted by molar-refractivity contribution is 5.85. The summed E-state index contributed by atoms with van der Waals surface area (Å²) >= 11 is 0. The number of nitrogens with zero attached hydrogens (tertiary/aromatic N) is 1. The third kappa shape index (κ3) is 4.12. The van der Waals surface area contributed by atoms with Crippen molar-refractivity contribution in [3.8, 4) is 0 Å². The number of nitrogens with two attached hydrogens (primary N) is 1. The minimum absolute atomic E-state index is 0. The lowest BCUT2D eigenvalue weighted by Gasteiger charge is -2.43. The second-order valence-corrected chi connectivity index (χ2v) is 7.63. The molecule has 2 aliphatic rings. The SMILES string of the molecule is Cc1ccc(C2C(C)CCCN2C(=O)C2CCCC(N)C2)cc1.Cl. The zero-order valence-electron chi connectivity index (χ0n) is 14.9. The fourth-order valence-corrected chi connectivity index (χ4v) is 4.39. The molecular formula is C20H31ClN2O. The number of likely N-dealkylation sites (tertiary alicyclic amines) is 1. The molecule has 0 radical (unpaired) electrons. The van der Waals surface area contributed by atoms with Crippen LogP contribution in [0.25, 0.3) is 0 Å². The van der Waals surface area contributed by atoms with Crippen molar-refractivity contribution in [3.63, 3.8) is 0 Å². The molecule has 4 unspecified atom stereocenters. The van der Waals surface area contributed by atoms with Crippen LogP contribution >= 0.6 is 12.4 Å². The molecule has 3 rings (SSSR count). The van der Waals surface area contributed by atoms with E-state index in [0.29, 0.717) is 11.8 Å². The topological polar surface area (TPSA) is 46.3 Å². The van der Waals surface area contributed by atoms with E-state index in [0.717, 1.165) is 38.6 Å². The lowest BCUT2D eigenvalue weighted by atomic mass is 9.81. The monoisotopic (exact) mass is 350 g/mol. The van der Waals surface area contributed by atoms with Crippen LogP contribution in [0.4, 0.5) is 0 Å². The van der Waals surface area contributed by atoms with Crippen LogP contribution in [-0.2, 0) is 4.79 Å². The van der Waals surface area contributed by atoms with Gasteiger partial charge in [0.25, 0.3) is 0 Å². The molecule has 0 aromatic heterocycles. The number of carbonyl (C=O) groups excluding carboxylic acids is 1. The van der Waals surface area contributed by atoms with E-state index in [9.17, 15) is 4.79 Å². The molecule has 1 heterocycles. The molecule has 1 aromatic carbocycles. The molecule has 24 heavy (non-hydrogen) atoms. The van der Waals surface area contributed by atoms with E-state index in [2.05, 4.69) is 43.0 Å². The maximum atomic E-state index is 13.2. The lowest BCUT2D eigenvalue weighted by Crippen LogP contribution is -2.46. The van der Waals surface area contributed by atoms with Crippen molar-refractivity contribution in [2.75, 3.05) is 6.54 Å². The van der Waals surface area contributed by atoms with Gasteiger partial charge in [0, 0.05) is 18.5 Å². The second-order valence-electron chi connectivity index (χ2n) is 7.63. The van der Waals surface area contributed by atoms with Gasteiger partial charge in [0.05, 0.1) is 6.04 Å². The molecule has 0 bridgehead atoms. The Hall–Kier alpha value is -1.06. The van der Waals surface area contributed by atoms with E-state index < -0.39 is 0 Å². The highest BCUT2D eigenvalue weighted by atomic mass is 35.5. The smallest absolute Gasteiger partial charge is 0.226 e. The molecule has 0 spiro atoms. The van der Waals surface area contributed by atoms with Gasteiger partial charge in [-0.2, -0.15) is 0 Å². The molecule has 3 nitrogen and oxygen atoms in total. The third-order valence-electron chi connectivity index (χ3n) is 5.70. The lowest BCUT2D eigenvalue weighted by molar-refractivity contribution is -0.142. The Morgan fingerprint density at radius 3 is 2.50 bits per heavy atom. The van der Waals surface area contributed by atoms with E-state index in [1.165, 1.54) is 17.5 Å². The average Bonchev–Trinajstić information content (AvgIpc) is 2.55. The van der Waals surface area contributed by atoms with Crippen LogP contribution in [0.1, 0.15) is 62.6 Å². The van der Waals surface area contributed by atoms with Gasteiger partial charge in [-0.3, -0.25) is 4.79 Å². The predicted octanol–water partition coefficient (Wildman–Crippen LogP) is 4.23. The first-order valence-electron chi connectivity index (χ1n) is 9.19. The molecule has 2 fully saturated rings. The van der Waals surface area contributed by atoms with Gasteiger partial charge in [0.15, 0.2) is 0 Å². The number of halogens is 1. The first kappa shape index (κ1) is 19.3. The summed E-state index contributed by atoms with van der Waals surface area (Å²) in [5.41, 5.74) is 8.67. The largest absolute Gasteiger partial charge is 0.335 e. The van der Waals surface area contributed by atoms with Gasteiger partial charge in [0.1, 0.15) is 0 Å². The van der Waals surface area contributed by atoms with Crippen LogP contribution in [0.5, 0.6) is 0 Å². The van der Waals surface area contributed by atoms with E-state index >= 15 is 0 Å². The third-order valence-corrected chi connectivity index (χ3v) is 5.70. The second kappa shape index (κ2) is 8.35. The molecule has 1 saturated carbocycles. The van der Waals surface area contributed by atoms with Crippen molar-refractivity contribution in [2.24, 2.45) is 17.6 Å². The molecule has 2 N–H and O–H groups in total. The van der Waals surface area contributed by atoms with Crippen LogP contribution in [0.2, 0.25) is 0 Å². The Bertz CT molecular complexity index is 545. The zero-order chi connectivity index (χ0) is 16.4. The maximum absolute atomic E-state index is 13.2. The van der Waals surface area contributed by atoms with Crippen molar-refractivity contribution in [1.82, 2.24) is 4.90 Å². The summed E-state index contributed by atoms with van der Waals surface area (Å²) in [6.07, 6.45) is 6.36. The average molecular weight is 351 g/mol. The minimum atomic E-state index is 0. The summed E-state index contributed by atoms with van der Waals surface area (Å²) in [6.45, 7) is 5.30. The van der Waals surface area contributed by atoms with Crippen molar-refractivity contribution in [2.45, 2.75) is 64.5 Å². The summed E-state index contributed by atoms with van der Waals surface area (Å²) in [4.78, 5) is 15.3. The maximum Gasteiger partial charge on any atom is 0.226 e. The fraction of sp³-hybridized carbons (Fsp3) is 0.650. The standard InChI is InChI=1S/C20H30N2O.ClH/c1-14-8-10-16(11-9-14)19-15(2)5-4-12-22(19)20(23)17-6-3-7-18(21)13-17;/h8-11,15,17-19H,3-7,12-13,21H2,1-2H3;1H. The molecule has 4 heteroatoms. The van der Waals surface area contributed by atoms with Crippen LogP contribution in [-0.4, -0.2) is 23.4 Å². The van der Waals surface area contributed by atoms with Crippen LogP contribution in [0.3, 0.4) is 0 Å². The fourth-order valence-electron chi connectivity index (χ4n) is 4.39. The zero-order valence-corrected chi connectivity index (χ0v) is 15.7. The van der Waals surface area contributed by atoms with E-state index in [-0.39, 0.29) is 30.4 Å². The van der Waals surface area contributed by atoms with Gasteiger partial charge < -0.3 is 10.6 Å². The van der Waals surface area contributed by atoms with Gasteiger partial charge in [-0.25, -0.2) is 0 Å². The van der Waals surface area contributed by atoms with Gasteiger partial charge in [0.2, 0.25) is 5.91 Å². The number of benzene rings is 1. The Morgan fingerprint density at radius 1 is 1.12 bits per heavy atom. The first-order chi connectivity index (χ1) is 11.1. The van der Waals surface area contributed by atoms with Crippen molar-refractivity contribution in [3.05, 3.63) is 35.4 Å². The van der Waals surface area contributed by atoms with Crippen molar-refractivity contribution in [1.29, 1.82) is 0 Å². The highest BCUT2D eigenvalue weighted by Crippen LogP contribution is 2.38. The summed E-state index contributed by atoms with van der Waals surface area (Å²) in [5.74, 6) is 1.00. The number of amides is 1. The quantitative estimate of drug-likeness (QED) is 0.867. The first-order valence-corrected chi connectivity index (χ1v) is 9.19. The van der Waals surface area contributed by atoms with Crippen LogP contribution < -0.4 is 5.73 Å². The summed E-state index contributed by atoms with van der Waals surface area (Å²) in [7, 11) is 0. The minimum Gasteiger partial charge on any atom is -0.335 e. The summed E-state index contributed by atoms with van der Waals surface area (Å²) in [5, 5.41) is 0. The van der Waals surface area contributed by atoms with Gasteiger partial charge in [-0.05, 0) is 50.5 Å². The molecule has 134 valence electrons. The Morgan fingerprint density at radius 2 is 1.83 bits per heavy atom. The molecule has 4 atom stereocenters. The van der Waals surface area contributed by atoms with Crippen LogP contribution in [0.15, 0.2) is 24.3 Å². The number of rotatable bonds is 2. The Balaban J connectivity index is 0.00000208. The summed E-state index contributed by atoms with van der Waals surface area (Å²) in [6, 6.07) is 9.17. The normalized spacial score (nSPS) is 30.5. The molecule has 1 aromatic rings. The number of aryl methyl sites for hydroxylation is 1. The molecular weight excluding hydrogens is 320 g/mol. The van der Waals surface area contributed by atoms with Crippen LogP contribution in [0, 0.1) is 18.8 Å². The number of carbonyl (C=O) groups is 1. The van der Waals surface area contributed by atoms with E-state index in [1.54, 1.807) is 0 Å². The molecule has 1 amide bonds. The van der Waals surface area contributed by atoms with E-state index in [1.807, 2.05) is 0 Å². The predicted molar refractivity (Wildman–Crippen MR) is 101 cm³/mol. The number of piperidine rings is 1. The van der Waals surface area contributed by atoms with Gasteiger partial charge >= 0.3 is 0 Å². The molecule has 1 aliphatic carbocycles. The highest BCUT2D eigenvalue weighted by Gasteiger charge is 2.37. The molecule has 1 aliphatic heterocycles. The van der Waals surface area contributed by atoms with E-state index in [4.69, 9.17) is 5.73 Å². The number of hydrogen-bond acceptors (Lipinski definition) is 2. The van der Waals surface area contributed by atoms with Gasteiger partial charge in [-0.15, -0.1) is 12.4 Å². The van der Waals surface area contributed by atoms with Gasteiger partial charge in [-0.1, -0.05) is 43.2 Å². The van der Waals surface area contributed by atoms with Crippen molar-refractivity contribution >= 4 is 18.3 Å². The summed E-state index contributed by atoms with van der Waals surface area (Å²) < 4.78 is 0.